The minimum Gasteiger partial charge on any atom is -0.207 e. The number of halogens is 4. The van der Waals surface area contributed by atoms with Gasteiger partial charge in [-0.1, -0.05) is 71.2 Å². The van der Waals surface area contributed by atoms with Gasteiger partial charge in [0.05, 0.1) is 0 Å². The molecule has 0 aromatic heterocycles. The first-order valence-electron chi connectivity index (χ1n) is 4.90. The summed E-state index contributed by atoms with van der Waals surface area (Å²) >= 11 is 17.7. The maximum atomic E-state index is 13.2. The van der Waals surface area contributed by atoms with E-state index in [0.29, 0.717) is 16.7 Å². The van der Waals surface area contributed by atoms with Crippen LogP contribution in [0, 0.1) is 5.82 Å². The van der Waals surface area contributed by atoms with Crippen LogP contribution < -0.4 is 0 Å². The van der Waals surface area contributed by atoms with Crippen molar-refractivity contribution in [3.05, 3.63) is 59.9 Å². The lowest BCUT2D eigenvalue weighted by Gasteiger charge is -2.16. The van der Waals surface area contributed by atoms with Crippen LogP contribution in [-0.4, -0.2) is 0 Å². The molecular weight excluding hydrogens is 282 g/mol. The first kappa shape index (κ1) is 12.7. The molecule has 4 heteroatoms. The Morgan fingerprint density at radius 2 is 1.59 bits per heavy atom. The Kier molecular flexibility index (Phi) is 3.62. The molecular formula is C13H8Cl3F. The highest BCUT2D eigenvalue weighted by molar-refractivity contribution is 6.67. The molecule has 2 aromatic rings. The molecule has 0 aliphatic heterocycles. The van der Waals surface area contributed by atoms with Gasteiger partial charge in [0.2, 0.25) is 3.79 Å². The van der Waals surface area contributed by atoms with Gasteiger partial charge in [0.25, 0.3) is 0 Å². The summed E-state index contributed by atoms with van der Waals surface area (Å²) in [5.41, 5.74) is 1.94. The van der Waals surface area contributed by atoms with Crippen molar-refractivity contribution < 1.29 is 4.39 Å². The van der Waals surface area contributed by atoms with Gasteiger partial charge < -0.3 is 0 Å². The Morgan fingerprint density at radius 1 is 0.882 bits per heavy atom. The largest absolute Gasteiger partial charge is 0.216 e. The SMILES string of the molecule is Fc1cccc(-c2ccccc2C(Cl)(Cl)Cl)c1. The van der Waals surface area contributed by atoms with Gasteiger partial charge in [-0.2, -0.15) is 0 Å². The Balaban J connectivity index is 2.60. The predicted molar refractivity (Wildman–Crippen MR) is 71.1 cm³/mol. The van der Waals surface area contributed by atoms with Gasteiger partial charge in [-0.3, -0.25) is 0 Å². The lowest BCUT2D eigenvalue weighted by molar-refractivity contribution is 0.628. The zero-order chi connectivity index (χ0) is 12.5. The molecule has 2 aromatic carbocycles. The van der Waals surface area contributed by atoms with Crippen LogP contribution in [0.2, 0.25) is 0 Å². The molecule has 0 nitrogen and oxygen atoms in total. The van der Waals surface area contributed by atoms with Crippen molar-refractivity contribution in [2.75, 3.05) is 0 Å². The van der Waals surface area contributed by atoms with Crippen LogP contribution in [0.15, 0.2) is 48.5 Å². The zero-order valence-corrected chi connectivity index (χ0v) is 10.9. The van der Waals surface area contributed by atoms with Crippen molar-refractivity contribution in [2.45, 2.75) is 3.79 Å². The molecule has 0 spiro atoms. The van der Waals surface area contributed by atoms with Crippen molar-refractivity contribution in [1.82, 2.24) is 0 Å². The minimum atomic E-state index is -1.52. The second-order valence-electron chi connectivity index (χ2n) is 3.55. The van der Waals surface area contributed by atoms with Gasteiger partial charge in [0.1, 0.15) is 5.82 Å². The first-order chi connectivity index (χ1) is 7.98. The first-order valence-corrected chi connectivity index (χ1v) is 6.04. The molecule has 0 aliphatic rings. The van der Waals surface area contributed by atoms with E-state index in [4.69, 9.17) is 34.8 Å². The maximum absolute atomic E-state index is 13.2. The summed E-state index contributed by atoms with van der Waals surface area (Å²) < 4.78 is 11.7. The normalized spacial score (nSPS) is 11.5. The van der Waals surface area contributed by atoms with Crippen LogP contribution in [0.3, 0.4) is 0 Å². The monoisotopic (exact) mass is 288 g/mol. The third-order valence-corrected chi connectivity index (χ3v) is 2.98. The van der Waals surface area contributed by atoms with Crippen LogP contribution in [-0.2, 0) is 3.79 Å². The molecule has 0 bridgehead atoms. The summed E-state index contributed by atoms with van der Waals surface area (Å²) in [4.78, 5) is 0. The van der Waals surface area contributed by atoms with Gasteiger partial charge in [-0.25, -0.2) is 4.39 Å². The second kappa shape index (κ2) is 4.85. The molecule has 0 atom stereocenters. The highest BCUT2D eigenvalue weighted by Gasteiger charge is 2.26. The fourth-order valence-corrected chi connectivity index (χ4v) is 2.13. The summed E-state index contributed by atoms with van der Waals surface area (Å²) in [7, 11) is 0. The fourth-order valence-electron chi connectivity index (χ4n) is 1.64. The van der Waals surface area contributed by atoms with E-state index in [1.807, 2.05) is 6.07 Å². The van der Waals surface area contributed by atoms with Gasteiger partial charge in [-0.15, -0.1) is 0 Å². The van der Waals surface area contributed by atoms with E-state index in [2.05, 4.69) is 0 Å². The van der Waals surface area contributed by atoms with Crippen molar-refractivity contribution in [1.29, 1.82) is 0 Å². The molecule has 0 amide bonds. The van der Waals surface area contributed by atoms with Gasteiger partial charge in [0.15, 0.2) is 0 Å². The molecule has 0 aliphatic carbocycles. The lowest BCUT2D eigenvalue weighted by atomic mass is 10.0. The van der Waals surface area contributed by atoms with Crippen LogP contribution in [0.5, 0.6) is 0 Å². The van der Waals surface area contributed by atoms with E-state index >= 15 is 0 Å². The highest BCUT2D eigenvalue weighted by Crippen LogP contribution is 2.43. The molecule has 0 fully saturated rings. The van der Waals surface area contributed by atoms with Crippen molar-refractivity contribution in [2.24, 2.45) is 0 Å². The van der Waals surface area contributed by atoms with Gasteiger partial charge in [0, 0.05) is 5.56 Å². The summed E-state index contributed by atoms with van der Waals surface area (Å²) in [5, 5.41) is 0. The standard InChI is InChI=1S/C13H8Cl3F/c14-13(15,16)12-7-2-1-6-11(12)9-4-3-5-10(17)8-9/h1-8H. The minimum absolute atomic E-state index is 0.318. The number of hydrogen-bond acceptors (Lipinski definition) is 0. The average molecular weight is 290 g/mol. The smallest absolute Gasteiger partial charge is 0.207 e. The van der Waals surface area contributed by atoms with E-state index in [1.165, 1.54) is 12.1 Å². The number of rotatable bonds is 1. The molecule has 0 heterocycles. The summed E-state index contributed by atoms with van der Waals surface area (Å²) in [6.07, 6.45) is 0. The Bertz CT molecular complexity index is 532. The van der Waals surface area contributed by atoms with Crippen LogP contribution >= 0.6 is 34.8 Å². The summed E-state index contributed by atoms with van der Waals surface area (Å²) in [6.45, 7) is 0. The van der Waals surface area contributed by atoms with Crippen LogP contribution in [0.4, 0.5) is 4.39 Å². The zero-order valence-electron chi connectivity index (χ0n) is 8.63. The van der Waals surface area contributed by atoms with Gasteiger partial charge in [-0.05, 0) is 23.3 Å². The van der Waals surface area contributed by atoms with E-state index in [9.17, 15) is 4.39 Å². The van der Waals surface area contributed by atoms with Crippen LogP contribution in [0.1, 0.15) is 5.56 Å². The molecule has 0 unspecified atom stereocenters. The van der Waals surface area contributed by atoms with E-state index in [0.717, 1.165) is 0 Å². The third-order valence-electron chi connectivity index (χ3n) is 2.37. The topological polar surface area (TPSA) is 0 Å². The second-order valence-corrected chi connectivity index (χ2v) is 5.83. The van der Waals surface area contributed by atoms with E-state index in [1.54, 1.807) is 30.3 Å². The quantitative estimate of drug-likeness (QED) is 0.623. The molecule has 17 heavy (non-hydrogen) atoms. The molecule has 2 rings (SSSR count). The average Bonchev–Trinajstić information content (AvgIpc) is 2.28. The van der Waals surface area contributed by atoms with E-state index in [-0.39, 0.29) is 5.82 Å². The Labute approximate surface area is 114 Å². The molecule has 0 saturated heterocycles. The lowest BCUT2D eigenvalue weighted by Crippen LogP contribution is -2.02. The van der Waals surface area contributed by atoms with Gasteiger partial charge >= 0.3 is 0 Å². The number of benzene rings is 2. The third kappa shape index (κ3) is 2.92. The van der Waals surface area contributed by atoms with E-state index < -0.39 is 3.79 Å². The fraction of sp³-hybridized carbons (Fsp3) is 0.0769. The summed E-state index contributed by atoms with van der Waals surface area (Å²) in [6, 6.07) is 13.3. The number of hydrogen-bond donors (Lipinski definition) is 0. The Hall–Kier alpha value is -0.760. The molecule has 0 radical (unpaired) electrons. The number of alkyl halides is 3. The predicted octanol–water partition coefficient (Wildman–Crippen LogP) is 5.32. The Morgan fingerprint density at radius 3 is 2.24 bits per heavy atom. The highest BCUT2D eigenvalue weighted by atomic mass is 35.6. The van der Waals surface area contributed by atoms with Crippen molar-refractivity contribution in [3.8, 4) is 11.1 Å². The molecule has 88 valence electrons. The van der Waals surface area contributed by atoms with Crippen molar-refractivity contribution in [3.63, 3.8) is 0 Å². The molecule has 0 saturated carbocycles. The summed E-state index contributed by atoms with van der Waals surface area (Å²) in [5.74, 6) is -0.318. The van der Waals surface area contributed by atoms with Crippen LogP contribution in [0.25, 0.3) is 11.1 Å². The maximum Gasteiger partial charge on any atom is 0.216 e. The van der Waals surface area contributed by atoms with Crippen molar-refractivity contribution >= 4 is 34.8 Å². The molecule has 0 N–H and O–H groups in total.